The second-order valence-electron chi connectivity index (χ2n) is 3.29. The van der Waals surface area contributed by atoms with Crippen molar-refractivity contribution >= 4 is 17.0 Å². The lowest BCUT2D eigenvalue weighted by Gasteiger charge is -2.04. The van der Waals surface area contributed by atoms with Crippen molar-refractivity contribution in [2.24, 2.45) is 0 Å². The number of nitrogen functional groups attached to an aromatic ring is 1. The molecule has 0 fully saturated rings. The predicted octanol–water partition coefficient (Wildman–Crippen LogP) is 3.58. The van der Waals surface area contributed by atoms with Crippen LogP contribution in [-0.4, -0.2) is 0 Å². The Bertz CT molecular complexity index is 505. The first-order chi connectivity index (χ1) is 7.09. The average Bonchev–Trinajstić information content (AvgIpc) is 2.58. The number of nitrogens with two attached hydrogens (primary N) is 1. The van der Waals surface area contributed by atoms with Gasteiger partial charge in [-0.3, -0.25) is 0 Å². The highest BCUT2D eigenvalue weighted by Crippen LogP contribution is 2.32. The lowest BCUT2D eigenvalue weighted by atomic mass is 10.1. The fraction of sp³-hybridized carbons (Fsp3) is 0.0909. The Morgan fingerprint density at radius 2 is 1.93 bits per heavy atom. The van der Waals surface area contributed by atoms with Gasteiger partial charge >= 0.3 is 0 Å². The Hall–Kier alpha value is -1.42. The molecular weight excluding hydrogens is 216 g/mol. The van der Waals surface area contributed by atoms with Crippen molar-refractivity contribution in [1.29, 1.82) is 0 Å². The molecule has 1 aromatic carbocycles. The largest absolute Gasteiger partial charge is 0.396 e. The normalized spacial score (nSPS) is 10.6. The van der Waals surface area contributed by atoms with Crippen molar-refractivity contribution < 1.29 is 8.78 Å². The molecule has 0 bridgehead atoms. The summed E-state index contributed by atoms with van der Waals surface area (Å²) in [7, 11) is 0. The summed E-state index contributed by atoms with van der Waals surface area (Å²) in [4.78, 5) is 0.742. The highest BCUT2D eigenvalue weighted by molar-refractivity contribution is 7.13. The van der Waals surface area contributed by atoms with Crippen LogP contribution in [0.15, 0.2) is 23.6 Å². The maximum absolute atomic E-state index is 13.5. The van der Waals surface area contributed by atoms with Crippen LogP contribution in [0.25, 0.3) is 10.4 Å². The van der Waals surface area contributed by atoms with Gasteiger partial charge in [-0.2, -0.15) is 0 Å². The molecule has 0 spiro atoms. The third-order valence-corrected chi connectivity index (χ3v) is 3.24. The molecule has 15 heavy (non-hydrogen) atoms. The van der Waals surface area contributed by atoms with E-state index < -0.39 is 11.6 Å². The third-order valence-electron chi connectivity index (χ3n) is 2.19. The second kappa shape index (κ2) is 3.62. The Labute approximate surface area is 90.2 Å². The quantitative estimate of drug-likeness (QED) is 0.737. The number of hydrogen-bond acceptors (Lipinski definition) is 2. The maximum atomic E-state index is 13.5. The minimum absolute atomic E-state index is 0.162. The van der Waals surface area contributed by atoms with E-state index in [-0.39, 0.29) is 11.3 Å². The minimum atomic E-state index is -0.584. The van der Waals surface area contributed by atoms with Gasteiger partial charge in [0.2, 0.25) is 0 Å². The van der Waals surface area contributed by atoms with E-state index >= 15 is 0 Å². The zero-order chi connectivity index (χ0) is 11.0. The smallest absolute Gasteiger partial charge is 0.146 e. The molecule has 1 aromatic heterocycles. The molecule has 78 valence electrons. The SMILES string of the molecule is Cc1ccsc1-c1cc(F)c(N)cc1F. The van der Waals surface area contributed by atoms with Gasteiger partial charge in [-0.25, -0.2) is 8.78 Å². The van der Waals surface area contributed by atoms with Crippen molar-refractivity contribution in [3.8, 4) is 10.4 Å². The van der Waals surface area contributed by atoms with Crippen LogP contribution in [0.4, 0.5) is 14.5 Å². The van der Waals surface area contributed by atoms with E-state index in [1.54, 1.807) is 0 Å². The summed E-state index contributed by atoms with van der Waals surface area (Å²) >= 11 is 1.38. The first kappa shape index (κ1) is 10.1. The molecule has 4 heteroatoms. The third kappa shape index (κ3) is 1.72. The maximum Gasteiger partial charge on any atom is 0.146 e. The molecule has 1 heterocycles. The second-order valence-corrected chi connectivity index (χ2v) is 4.20. The van der Waals surface area contributed by atoms with Gasteiger partial charge in [0.05, 0.1) is 5.69 Å². The van der Waals surface area contributed by atoms with Crippen molar-refractivity contribution in [3.63, 3.8) is 0 Å². The standard InChI is InChI=1S/C11H9F2NS/c1-6-2-3-15-11(6)7-4-9(13)10(14)5-8(7)12/h2-5H,14H2,1H3. The van der Waals surface area contributed by atoms with Gasteiger partial charge in [0, 0.05) is 16.5 Å². The van der Waals surface area contributed by atoms with Gasteiger partial charge in [-0.05, 0) is 30.0 Å². The van der Waals surface area contributed by atoms with E-state index in [9.17, 15) is 8.78 Å². The van der Waals surface area contributed by atoms with Gasteiger partial charge in [0.1, 0.15) is 11.6 Å². The number of hydrogen-bond donors (Lipinski definition) is 1. The van der Waals surface area contributed by atoms with Crippen LogP contribution >= 0.6 is 11.3 Å². The number of benzene rings is 1. The zero-order valence-electron chi connectivity index (χ0n) is 8.05. The predicted molar refractivity (Wildman–Crippen MR) is 58.8 cm³/mol. The molecule has 1 nitrogen and oxygen atoms in total. The van der Waals surface area contributed by atoms with Gasteiger partial charge in [0.25, 0.3) is 0 Å². The molecule has 0 aliphatic carbocycles. The van der Waals surface area contributed by atoms with E-state index in [0.29, 0.717) is 0 Å². The molecule has 2 aromatic rings. The number of anilines is 1. The molecule has 0 radical (unpaired) electrons. The molecule has 0 amide bonds. The molecule has 0 saturated heterocycles. The summed E-state index contributed by atoms with van der Waals surface area (Å²) < 4.78 is 26.7. The van der Waals surface area contributed by atoms with E-state index in [1.165, 1.54) is 11.3 Å². The number of thiophene rings is 1. The number of rotatable bonds is 1. The lowest BCUT2D eigenvalue weighted by Crippen LogP contribution is -1.94. The van der Waals surface area contributed by atoms with Crippen molar-refractivity contribution in [2.45, 2.75) is 6.92 Å². The van der Waals surface area contributed by atoms with Crippen LogP contribution in [0.2, 0.25) is 0 Å². The highest BCUT2D eigenvalue weighted by atomic mass is 32.1. The van der Waals surface area contributed by atoms with Crippen LogP contribution in [0.5, 0.6) is 0 Å². The summed E-state index contributed by atoms with van der Waals surface area (Å²) in [6.07, 6.45) is 0. The summed E-state index contributed by atoms with van der Waals surface area (Å²) in [6, 6.07) is 4.03. The van der Waals surface area contributed by atoms with Crippen LogP contribution in [0.1, 0.15) is 5.56 Å². The van der Waals surface area contributed by atoms with Crippen LogP contribution in [0.3, 0.4) is 0 Å². The fourth-order valence-corrected chi connectivity index (χ4v) is 2.33. The van der Waals surface area contributed by atoms with Crippen molar-refractivity contribution in [1.82, 2.24) is 0 Å². The zero-order valence-corrected chi connectivity index (χ0v) is 8.87. The highest BCUT2D eigenvalue weighted by Gasteiger charge is 2.12. The summed E-state index contributed by atoms with van der Waals surface area (Å²) in [5.74, 6) is -1.07. The Balaban J connectivity index is 2.64. The van der Waals surface area contributed by atoms with Crippen molar-refractivity contribution in [3.05, 3.63) is 40.8 Å². The first-order valence-electron chi connectivity index (χ1n) is 4.38. The summed E-state index contributed by atoms with van der Waals surface area (Å²) in [5.41, 5.74) is 6.31. The Kier molecular flexibility index (Phi) is 2.44. The van der Waals surface area contributed by atoms with Crippen LogP contribution in [-0.2, 0) is 0 Å². The molecule has 0 unspecified atom stereocenters. The number of aryl methyl sites for hydroxylation is 1. The average molecular weight is 225 g/mol. The van der Waals surface area contributed by atoms with E-state index in [2.05, 4.69) is 0 Å². The molecule has 2 N–H and O–H groups in total. The minimum Gasteiger partial charge on any atom is -0.396 e. The van der Waals surface area contributed by atoms with E-state index in [0.717, 1.165) is 22.6 Å². The molecular formula is C11H9F2NS. The van der Waals surface area contributed by atoms with Crippen LogP contribution in [0, 0.1) is 18.6 Å². The fourth-order valence-electron chi connectivity index (χ4n) is 1.38. The van der Waals surface area contributed by atoms with E-state index in [1.807, 2.05) is 18.4 Å². The topological polar surface area (TPSA) is 26.0 Å². The van der Waals surface area contributed by atoms with E-state index in [4.69, 9.17) is 5.73 Å². The molecule has 2 rings (SSSR count). The van der Waals surface area contributed by atoms with Gasteiger partial charge in [-0.15, -0.1) is 11.3 Å². The van der Waals surface area contributed by atoms with Gasteiger partial charge < -0.3 is 5.73 Å². The molecule has 0 aliphatic rings. The number of halogens is 2. The van der Waals surface area contributed by atoms with Gasteiger partial charge in [0.15, 0.2) is 0 Å². The van der Waals surface area contributed by atoms with Crippen LogP contribution < -0.4 is 5.73 Å². The Morgan fingerprint density at radius 3 is 2.53 bits per heavy atom. The summed E-state index contributed by atoms with van der Waals surface area (Å²) in [5, 5.41) is 1.85. The molecule has 0 saturated carbocycles. The van der Waals surface area contributed by atoms with Gasteiger partial charge in [-0.1, -0.05) is 0 Å². The van der Waals surface area contributed by atoms with Crippen molar-refractivity contribution in [2.75, 3.05) is 5.73 Å². The molecule has 0 atom stereocenters. The monoisotopic (exact) mass is 225 g/mol. The summed E-state index contributed by atoms with van der Waals surface area (Å²) in [6.45, 7) is 1.86. The lowest BCUT2D eigenvalue weighted by molar-refractivity contribution is 0.607. The molecule has 0 aliphatic heterocycles. The Morgan fingerprint density at radius 1 is 1.20 bits per heavy atom. The first-order valence-corrected chi connectivity index (χ1v) is 5.26.